The summed E-state index contributed by atoms with van der Waals surface area (Å²) in [4.78, 5) is 0. The first-order valence-electron chi connectivity index (χ1n) is 12.9. The van der Waals surface area contributed by atoms with Gasteiger partial charge in [0.25, 0.3) is 0 Å². The van der Waals surface area contributed by atoms with Crippen molar-refractivity contribution in [1.29, 1.82) is 0 Å². The average Bonchev–Trinajstić information content (AvgIpc) is 3.16. The number of nitrogens with zero attached hydrogens (tertiary/aromatic N) is 1. The van der Waals surface area contributed by atoms with Crippen molar-refractivity contribution in [1.82, 2.24) is 4.23 Å². The van der Waals surface area contributed by atoms with E-state index in [9.17, 15) is 0 Å². The molecule has 5 heteroatoms. The molecule has 2 nitrogen and oxygen atoms in total. The van der Waals surface area contributed by atoms with Gasteiger partial charge in [-0.3, -0.25) is 0 Å². The Morgan fingerprint density at radius 1 is 0.938 bits per heavy atom. The van der Waals surface area contributed by atoms with E-state index in [0.29, 0.717) is 0 Å². The van der Waals surface area contributed by atoms with Crippen LogP contribution in [-0.2, 0) is 0 Å². The molecule has 1 aromatic carbocycles. The fourth-order valence-electron chi connectivity index (χ4n) is 4.99. The molecule has 1 aromatic heterocycles. The number of benzene rings is 1. The van der Waals surface area contributed by atoms with Crippen LogP contribution in [-0.4, -0.2) is 38.0 Å². The molecule has 0 amide bonds. The number of hydrogen-bond donors (Lipinski definition) is 0. The van der Waals surface area contributed by atoms with E-state index in [4.69, 9.17) is 4.74 Å². The Morgan fingerprint density at radius 3 is 1.84 bits per heavy atom. The molecule has 0 aliphatic heterocycles. The van der Waals surface area contributed by atoms with E-state index in [1.165, 1.54) is 67.2 Å². The Hall–Kier alpha value is 0.0556. The van der Waals surface area contributed by atoms with Crippen molar-refractivity contribution >= 4 is 57.0 Å². The van der Waals surface area contributed by atoms with E-state index in [2.05, 4.69) is 93.1 Å². The Morgan fingerprint density at radius 2 is 1.44 bits per heavy atom. The van der Waals surface area contributed by atoms with Crippen molar-refractivity contribution in [3.63, 3.8) is 0 Å². The maximum absolute atomic E-state index is 6.00. The van der Waals surface area contributed by atoms with Crippen LogP contribution in [0.3, 0.4) is 0 Å². The molecule has 0 radical (unpaired) electrons. The Labute approximate surface area is 212 Å². The quantitative estimate of drug-likeness (QED) is 0.214. The minimum atomic E-state index is -2.64. The second-order valence-electron chi connectivity index (χ2n) is 11.3. The second-order valence-corrected chi connectivity index (χ2v) is 30.4. The monoisotopic (exact) mass is 629 g/mol. The van der Waals surface area contributed by atoms with Gasteiger partial charge in [-0.25, -0.2) is 0 Å². The van der Waals surface area contributed by atoms with Gasteiger partial charge in [-0.2, -0.15) is 0 Å². The number of ether oxygens (including phenoxy) is 1. The number of fused-ring (bicyclic) bond motifs is 1. The van der Waals surface area contributed by atoms with Crippen molar-refractivity contribution in [3.05, 3.63) is 22.8 Å². The summed E-state index contributed by atoms with van der Waals surface area (Å²) in [5, 5.41) is 1.76. The normalized spacial score (nSPS) is 13.2. The van der Waals surface area contributed by atoms with Crippen LogP contribution < -0.4 is 8.32 Å². The molecule has 0 saturated carbocycles. The standard InChI is InChI=1S/C15H21BrNOSi.3C4H9.Sn/c1-15(2,3)19(5,6)17-10-9-11-12(16)7-8-13(18-4)14(11)17;3*1-3-4-2;/h7-8,10H,1-6H3;3*1,3-4H2,2H3;. The van der Waals surface area contributed by atoms with Gasteiger partial charge in [-0.15, -0.1) is 0 Å². The molecule has 0 spiro atoms. The number of rotatable bonds is 12. The Kier molecular flexibility index (Phi) is 10.3. The van der Waals surface area contributed by atoms with E-state index in [1.807, 2.05) is 7.11 Å². The van der Waals surface area contributed by atoms with Gasteiger partial charge in [-0.05, 0) is 0 Å². The third-order valence-electron chi connectivity index (χ3n) is 8.11. The predicted octanol–water partition coefficient (Wildman–Crippen LogP) is 9.32. The average molecular weight is 629 g/mol. The molecule has 32 heavy (non-hydrogen) atoms. The summed E-state index contributed by atoms with van der Waals surface area (Å²) in [6.07, 6.45) is 10.8. The molecular weight excluding hydrogens is 581 g/mol. The minimum absolute atomic E-state index is 0.262. The van der Waals surface area contributed by atoms with Crippen molar-refractivity contribution in [3.8, 4) is 5.75 Å². The van der Waals surface area contributed by atoms with Gasteiger partial charge in [-0.1, -0.05) is 0 Å². The Bertz CT molecular complexity index is 862. The van der Waals surface area contributed by atoms with E-state index >= 15 is 0 Å². The predicted molar refractivity (Wildman–Crippen MR) is 153 cm³/mol. The topological polar surface area (TPSA) is 14.2 Å². The van der Waals surface area contributed by atoms with Gasteiger partial charge < -0.3 is 0 Å². The van der Waals surface area contributed by atoms with Crippen LogP contribution in [0.5, 0.6) is 5.75 Å². The van der Waals surface area contributed by atoms with Crippen LogP contribution in [0.2, 0.25) is 31.4 Å². The molecular formula is C27H48BrNOSiSn. The number of unbranched alkanes of at least 4 members (excludes halogenated alkanes) is 3. The summed E-state index contributed by atoms with van der Waals surface area (Å²) in [7, 11) is 0.0221. The van der Waals surface area contributed by atoms with Gasteiger partial charge in [0.2, 0.25) is 0 Å². The van der Waals surface area contributed by atoms with Crippen LogP contribution in [0.4, 0.5) is 0 Å². The summed E-state index contributed by atoms with van der Waals surface area (Å²) in [5.41, 5.74) is 1.36. The second kappa shape index (κ2) is 11.7. The van der Waals surface area contributed by atoms with E-state index in [0.717, 1.165) is 5.75 Å². The number of methoxy groups -OCH3 is 1. The van der Waals surface area contributed by atoms with Crippen molar-refractivity contribution in [2.45, 2.75) is 112 Å². The van der Waals surface area contributed by atoms with Crippen LogP contribution in [0.25, 0.3) is 10.9 Å². The van der Waals surface area contributed by atoms with Crippen LogP contribution in [0, 0.1) is 0 Å². The summed E-state index contributed by atoms with van der Waals surface area (Å²) < 4.78 is 16.3. The summed E-state index contributed by atoms with van der Waals surface area (Å²) in [6, 6.07) is 4.40. The van der Waals surface area contributed by atoms with Gasteiger partial charge in [0.1, 0.15) is 0 Å². The van der Waals surface area contributed by atoms with E-state index in [-0.39, 0.29) is 5.04 Å². The van der Waals surface area contributed by atoms with Gasteiger partial charge in [0.05, 0.1) is 0 Å². The third kappa shape index (κ3) is 5.64. The summed E-state index contributed by atoms with van der Waals surface area (Å²) in [6.45, 7) is 19.5. The van der Waals surface area contributed by atoms with Crippen molar-refractivity contribution in [2.75, 3.05) is 7.11 Å². The molecule has 0 bridgehead atoms. The van der Waals surface area contributed by atoms with Gasteiger partial charge >= 0.3 is 213 Å². The van der Waals surface area contributed by atoms with Crippen molar-refractivity contribution < 1.29 is 4.74 Å². The molecule has 0 saturated heterocycles. The third-order valence-corrected chi connectivity index (χ3v) is 29.6. The first kappa shape index (κ1) is 28.3. The molecule has 0 unspecified atom stereocenters. The van der Waals surface area contributed by atoms with Gasteiger partial charge in [0, 0.05) is 0 Å². The number of halogens is 1. The maximum atomic E-state index is 6.00. The zero-order valence-electron chi connectivity index (χ0n) is 22.3. The number of hydrogen-bond acceptors (Lipinski definition) is 1. The molecule has 0 aliphatic rings. The van der Waals surface area contributed by atoms with Crippen LogP contribution in [0.1, 0.15) is 80.1 Å². The first-order valence-corrected chi connectivity index (χ1v) is 24.1. The van der Waals surface area contributed by atoms with Gasteiger partial charge in [0.15, 0.2) is 0 Å². The van der Waals surface area contributed by atoms with Crippen molar-refractivity contribution in [2.24, 2.45) is 0 Å². The summed E-state index contributed by atoms with van der Waals surface area (Å²) >= 11 is 1.38. The van der Waals surface area contributed by atoms with E-state index in [1.54, 1.807) is 3.58 Å². The molecule has 0 N–H and O–H groups in total. The van der Waals surface area contributed by atoms with Crippen LogP contribution in [0.15, 0.2) is 22.8 Å². The molecule has 2 aromatic rings. The molecule has 1 heterocycles. The molecule has 0 atom stereocenters. The molecule has 0 aliphatic carbocycles. The molecule has 0 fully saturated rings. The fraction of sp³-hybridized carbons (Fsp3) is 0.704. The zero-order valence-corrected chi connectivity index (χ0v) is 27.8. The van der Waals surface area contributed by atoms with E-state index < -0.39 is 26.6 Å². The van der Waals surface area contributed by atoms with Crippen LogP contribution >= 0.6 is 15.9 Å². The summed E-state index contributed by atoms with van der Waals surface area (Å²) in [5.74, 6) is 1.04. The number of aromatic nitrogens is 1. The SMILES string of the molecule is CCC[CH2][Sn]([CH2]CCC)([CH2]CCC)[c]1cn([Si](C)(C)C(C)(C)C)c2c(OC)ccc(Br)c12. The Balaban J connectivity index is 2.95. The first-order chi connectivity index (χ1) is 15.0. The fourth-order valence-corrected chi connectivity index (χ4v) is 25.0. The molecule has 182 valence electrons. The molecule has 2 rings (SSSR count). The zero-order chi connectivity index (χ0) is 24.2.